The topological polar surface area (TPSA) is 79.0 Å². The number of carbonyl (C=O) groups is 1. The summed E-state index contributed by atoms with van der Waals surface area (Å²) in [5, 5.41) is 2.87. The number of anilines is 2. The summed E-state index contributed by atoms with van der Waals surface area (Å²) in [5.74, 6) is 1.05. The molecule has 0 atom stereocenters. The van der Waals surface area contributed by atoms with Crippen molar-refractivity contribution >= 4 is 39.1 Å². The molecule has 2 aromatic rings. The second-order valence-corrected chi connectivity index (χ2v) is 10.5. The number of benzene rings is 2. The van der Waals surface area contributed by atoms with E-state index >= 15 is 0 Å². The zero-order valence-electron chi connectivity index (χ0n) is 17.5. The molecule has 9 heteroatoms. The first-order chi connectivity index (χ1) is 15.0. The molecule has 1 amide bonds. The molecule has 0 unspecified atom stereocenters. The van der Waals surface area contributed by atoms with Crippen molar-refractivity contribution in [2.75, 3.05) is 48.8 Å². The van der Waals surface area contributed by atoms with Crippen molar-refractivity contribution in [2.45, 2.75) is 29.6 Å². The SMILES string of the molecule is CCOc1ccc(NC(=O)CN2CCSc3ccccc32)cc1S(=O)(=O)N1CCCC1. The Labute approximate surface area is 187 Å². The second kappa shape index (κ2) is 9.50. The lowest BCUT2D eigenvalue weighted by atomic mass is 10.2. The number of hydrogen-bond donors (Lipinski definition) is 1. The fourth-order valence-electron chi connectivity index (χ4n) is 3.89. The van der Waals surface area contributed by atoms with Gasteiger partial charge in [-0.05, 0) is 50.1 Å². The average Bonchev–Trinajstić information content (AvgIpc) is 3.31. The van der Waals surface area contributed by atoms with Crippen LogP contribution in [0.25, 0.3) is 0 Å². The Bertz CT molecular complexity index is 1050. The molecule has 2 heterocycles. The van der Waals surface area contributed by atoms with Crippen LogP contribution in [0.3, 0.4) is 0 Å². The second-order valence-electron chi connectivity index (χ2n) is 7.49. The van der Waals surface area contributed by atoms with Crippen molar-refractivity contribution < 1.29 is 17.9 Å². The quantitative estimate of drug-likeness (QED) is 0.681. The molecule has 7 nitrogen and oxygen atoms in total. The molecule has 0 aromatic heterocycles. The molecule has 166 valence electrons. The minimum absolute atomic E-state index is 0.105. The third kappa shape index (κ3) is 4.83. The first-order valence-electron chi connectivity index (χ1n) is 10.5. The monoisotopic (exact) mass is 461 g/mol. The predicted octanol–water partition coefficient (Wildman–Crippen LogP) is 3.42. The van der Waals surface area contributed by atoms with Crippen LogP contribution in [-0.4, -0.2) is 57.2 Å². The van der Waals surface area contributed by atoms with Crippen LogP contribution in [0.2, 0.25) is 0 Å². The summed E-state index contributed by atoms with van der Waals surface area (Å²) in [6, 6.07) is 12.9. The van der Waals surface area contributed by atoms with E-state index in [-0.39, 0.29) is 17.3 Å². The molecule has 2 aliphatic heterocycles. The maximum Gasteiger partial charge on any atom is 0.246 e. The lowest BCUT2D eigenvalue weighted by Gasteiger charge is -2.30. The van der Waals surface area contributed by atoms with Gasteiger partial charge in [0.15, 0.2) is 0 Å². The highest BCUT2D eigenvalue weighted by molar-refractivity contribution is 7.99. The van der Waals surface area contributed by atoms with E-state index in [2.05, 4.69) is 16.3 Å². The average molecular weight is 462 g/mol. The van der Waals surface area contributed by atoms with Gasteiger partial charge in [0, 0.05) is 36.0 Å². The third-order valence-corrected chi connectivity index (χ3v) is 8.33. The van der Waals surface area contributed by atoms with Gasteiger partial charge in [-0.1, -0.05) is 12.1 Å². The number of fused-ring (bicyclic) bond motifs is 1. The Hall–Kier alpha value is -2.23. The number of sulfonamides is 1. The first kappa shape index (κ1) is 22.0. The molecule has 0 aliphatic carbocycles. The van der Waals surface area contributed by atoms with E-state index in [0.29, 0.717) is 31.1 Å². The molecule has 0 bridgehead atoms. The number of para-hydroxylation sites is 1. The fraction of sp³-hybridized carbons (Fsp3) is 0.409. The normalized spacial score (nSPS) is 16.7. The van der Waals surface area contributed by atoms with E-state index in [1.807, 2.05) is 25.1 Å². The Kier molecular flexibility index (Phi) is 6.74. The zero-order chi connectivity index (χ0) is 21.8. The molecule has 4 rings (SSSR count). The van der Waals surface area contributed by atoms with Crippen molar-refractivity contribution in [1.82, 2.24) is 4.31 Å². The zero-order valence-corrected chi connectivity index (χ0v) is 19.2. The number of carbonyl (C=O) groups excluding carboxylic acids is 1. The summed E-state index contributed by atoms with van der Waals surface area (Å²) in [6.45, 7) is 4.19. The first-order valence-corrected chi connectivity index (χ1v) is 12.9. The Balaban J connectivity index is 1.53. The summed E-state index contributed by atoms with van der Waals surface area (Å²) in [5.41, 5.74) is 1.50. The summed E-state index contributed by atoms with van der Waals surface area (Å²) < 4.78 is 33.3. The van der Waals surface area contributed by atoms with Crippen LogP contribution < -0.4 is 15.0 Å². The molecule has 0 radical (unpaired) electrons. The van der Waals surface area contributed by atoms with E-state index in [9.17, 15) is 13.2 Å². The number of ether oxygens (including phenoxy) is 1. The molecule has 1 fully saturated rings. The standard InChI is InChI=1S/C22H27N3O4S2/c1-2-29-19-10-9-17(15-21(19)31(27,28)25-11-5-6-12-25)23-22(26)16-24-13-14-30-20-8-4-3-7-18(20)24/h3-4,7-10,15H,2,5-6,11-14,16H2,1H3,(H,23,26). The number of hydrogen-bond acceptors (Lipinski definition) is 6. The molecule has 2 aliphatic rings. The lowest BCUT2D eigenvalue weighted by Crippen LogP contribution is -2.36. The van der Waals surface area contributed by atoms with E-state index in [0.717, 1.165) is 30.8 Å². The van der Waals surface area contributed by atoms with Crippen molar-refractivity contribution in [3.05, 3.63) is 42.5 Å². The number of nitrogens with zero attached hydrogens (tertiary/aromatic N) is 2. The van der Waals surface area contributed by atoms with Crippen LogP contribution in [0.15, 0.2) is 52.3 Å². The van der Waals surface area contributed by atoms with Gasteiger partial charge in [0.05, 0.1) is 18.8 Å². The van der Waals surface area contributed by atoms with Crippen molar-refractivity contribution in [2.24, 2.45) is 0 Å². The number of nitrogens with one attached hydrogen (secondary N) is 1. The van der Waals surface area contributed by atoms with E-state index in [1.165, 1.54) is 15.3 Å². The predicted molar refractivity (Wildman–Crippen MR) is 124 cm³/mol. The van der Waals surface area contributed by atoms with E-state index in [1.54, 1.807) is 23.9 Å². The van der Waals surface area contributed by atoms with Crippen LogP contribution in [0.5, 0.6) is 5.75 Å². The summed E-state index contributed by atoms with van der Waals surface area (Å²) >= 11 is 1.79. The number of amides is 1. The van der Waals surface area contributed by atoms with Crippen molar-refractivity contribution in [3.63, 3.8) is 0 Å². The van der Waals surface area contributed by atoms with Gasteiger partial charge < -0.3 is 15.0 Å². The summed E-state index contributed by atoms with van der Waals surface area (Å²) in [4.78, 5) is 16.1. The maximum atomic E-state index is 13.1. The van der Waals surface area contributed by atoms with Gasteiger partial charge >= 0.3 is 0 Å². The van der Waals surface area contributed by atoms with Crippen molar-refractivity contribution in [3.8, 4) is 5.75 Å². The molecule has 1 saturated heterocycles. The highest BCUT2D eigenvalue weighted by Gasteiger charge is 2.30. The van der Waals surface area contributed by atoms with Crippen LogP contribution in [0.1, 0.15) is 19.8 Å². The Morgan fingerprint density at radius 2 is 1.90 bits per heavy atom. The van der Waals surface area contributed by atoms with Gasteiger partial charge in [-0.2, -0.15) is 4.31 Å². The van der Waals surface area contributed by atoms with Gasteiger partial charge in [-0.3, -0.25) is 4.79 Å². The fourth-order valence-corrected chi connectivity index (χ4v) is 6.62. The largest absolute Gasteiger partial charge is 0.492 e. The van der Waals surface area contributed by atoms with E-state index in [4.69, 9.17) is 4.74 Å². The summed E-state index contributed by atoms with van der Waals surface area (Å²) in [6.07, 6.45) is 1.71. The molecule has 0 spiro atoms. The minimum Gasteiger partial charge on any atom is -0.492 e. The van der Waals surface area contributed by atoms with Crippen LogP contribution in [0.4, 0.5) is 11.4 Å². The number of rotatable bonds is 7. The molecule has 2 aromatic carbocycles. The molecular formula is C22H27N3O4S2. The molecule has 1 N–H and O–H groups in total. The Morgan fingerprint density at radius 3 is 2.68 bits per heavy atom. The molecule has 31 heavy (non-hydrogen) atoms. The van der Waals surface area contributed by atoms with Crippen LogP contribution in [-0.2, 0) is 14.8 Å². The minimum atomic E-state index is -3.67. The van der Waals surface area contributed by atoms with Gasteiger partial charge in [-0.25, -0.2) is 8.42 Å². The molecular weight excluding hydrogens is 434 g/mol. The lowest BCUT2D eigenvalue weighted by molar-refractivity contribution is -0.115. The smallest absolute Gasteiger partial charge is 0.246 e. The van der Waals surface area contributed by atoms with Gasteiger partial charge in [0.2, 0.25) is 15.9 Å². The van der Waals surface area contributed by atoms with Crippen molar-refractivity contribution in [1.29, 1.82) is 0 Å². The highest BCUT2D eigenvalue weighted by atomic mass is 32.2. The third-order valence-electron chi connectivity index (χ3n) is 5.37. The van der Waals surface area contributed by atoms with Gasteiger partial charge in [0.25, 0.3) is 0 Å². The maximum absolute atomic E-state index is 13.1. The number of thioether (sulfide) groups is 1. The van der Waals surface area contributed by atoms with E-state index < -0.39 is 10.0 Å². The van der Waals surface area contributed by atoms with Gasteiger partial charge in [0.1, 0.15) is 10.6 Å². The highest BCUT2D eigenvalue weighted by Crippen LogP contribution is 2.34. The van der Waals surface area contributed by atoms with Crippen LogP contribution in [0, 0.1) is 0 Å². The summed E-state index contributed by atoms with van der Waals surface area (Å²) in [7, 11) is -3.67. The molecule has 0 saturated carbocycles. The van der Waals surface area contributed by atoms with Crippen LogP contribution >= 0.6 is 11.8 Å². The Morgan fingerprint density at radius 1 is 1.13 bits per heavy atom. The van der Waals surface area contributed by atoms with Gasteiger partial charge in [-0.15, -0.1) is 11.8 Å².